The second-order valence-electron chi connectivity index (χ2n) is 3.02. The van der Waals surface area contributed by atoms with Gasteiger partial charge in [0.25, 0.3) is 0 Å². The van der Waals surface area contributed by atoms with Crippen molar-refractivity contribution >= 4 is 6.34 Å². The van der Waals surface area contributed by atoms with Crippen molar-refractivity contribution in [2.45, 2.75) is 25.3 Å². The molecule has 1 aliphatic carbocycles. The minimum Gasteiger partial charge on any atom is -0.388 e. The molecule has 0 aliphatic heterocycles. The standard InChI is InChI=1S/C9H11N5/c10-4-8(12)9(5-11)14-6-13-7-2-1-3-7/h6-7H,1-3,12H2,(H,13,14)/b9-8-. The predicted molar refractivity (Wildman–Crippen MR) is 51.7 cm³/mol. The molecule has 14 heavy (non-hydrogen) atoms. The molecule has 0 spiro atoms. The molecular weight excluding hydrogens is 178 g/mol. The van der Waals surface area contributed by atoms with Crippen LogP contribution in [0.15, 0.2) is 16.4 Å². The van der Waals surface area contributed by atoms with E-state index in [1.54, 1.807) is 12.1 Å². The van der Waals surface area contributed by atoms with E-state index in [-0.39, 0.29) is 11.4 Å². The summed E-state index contributed by atoms with van der Waals surface area (Å²) in [6.07, 6.45) is 4.84. The Kier molecular flexibility index (Phi) is 3.51. The number of nitrogens with zero attached hydrogens (tertiary/aromatic N) is 3. The van der Waals surface area contributed by atoms with Crippen molar-refractivity contribution in [3.05, 3.63) is 11.4 Å². The summed E-state index contributed by atoms with van der Waals surface area (Å²) < 4.78 is 0. The Morgan fingerprint density at radius 3 is 2.57 bits per heavy atom. The summed E-state index contributed by atoms with van der Waals surface area (Å²) in [5, 5.41) is 19.6. The van der Waals surface area contributed by atoms with E-state index < -0.39 is 0 Å². The van der Waals surface area contributed by atoms with Gasteiger partial charge in [0.1, 0.15) is 17.8 Å². The molecule has 0 bridgehead atoms. The molecule has 1 fully saturated rings. The molecule has 0 radical (unpaired) electrons. The second-order valence-corrected chi connectivity index (χ2v) is 3.02. The van der Waals surface area contributed by atoms with Gasteiger partial charge in [0.2, 0.25) is 0 Å². The predicted octanol–water partition coefficient (Wildman–Crippen LogP) is 0.374. The summed E-state index contributed by atoms with van der Waals surface area (Å²) in [7, 11) is 0. The van der Waals surface area contributed by atoms with Crippen molar-refractivity contribution < 1.29 is 0 Å². The van der Waals surface area contributed by atoms with Crippen molar-refractivity contribution in [2.75, 3.05) is 0 Å². The summed E-state index contributed by atoms with van der Waals surface area (Å²) in [4.78, 5) is 4.15. The number of nitriles is 2. The number of rotatable bonds is 3. The molecule has 1 rings (SSSR count). The third-order valence-electron chi connectivity index (χ3n) is 2.07. The molecule has 0 unspecified atom stereocenters. The van der Waals surface area contributed by atoms with Gasteiger partial charge in [-0.3, -0.25) is 4.99 Å². The first kappa shape index (κ1) is 10.1. The third kappa shape index (κ3) is 2.49. The third-order valence-corrected chi connectivity index (χ3v) is 2.07. The minimum atomic E-state index is -0.118. The highest BCUT2D eigenvalue weighted by molar-refractivity contribution is 5.60. The van der Waals surface area contributed by atoms with Gasteiger partial charge in [-0.1, -0.05) is 0 Å². The van der Waals surface area contributed by atoms with E-state index in [1.807, 2.05) is 0 Å². The normalized spacial score (nSPS) is 17.9. The highest BCUT2D eigenvalue weighted by atomic mass is 15.0. The van der Waals surface area contributed by atoms with Crippen LogP contribution in [0.3, 0.4) is 0 Å². The maximum atomic E-state index is 8.60. The molecule has 0 aromatic heterocycles. The molecular formula is C9H11N5. The van der Waals surface area contributed by atoms with Gasteiger partial charge in [0.15, 0.2) is 5.70 Å². The topological polar surface area (TPSA) is 98.0 Å². The Hall–Kier alpha value is -2.01. The molecule has 5 heteroatoms. The summed E-state index contributed by atoms with van der Waals surface area (Å²) in [6, 6.07) is 3.85. The Bertz CT molecular complexity index is 337. The zero-order valence-electron chi connectivity index (χ0n) is 7.70. The molecule has 0 saturated heterocycles. The number of allylic oxidation sites excluding steroid dienone is 2. The van der Waals surface area contributed by atoms with Crippen molar-refractivity contribution in [3.63, 3.8) is 0 Å². The lowest BCUT2D eigenvalue weighted by Gasteiger charge is -2.20. The van der Waals surface area contributed by atoms with Gasteiger partial charge in [-0.05, 0) is 19.3 Å². The van der Waals surface area contributed by atoms with E-state index in [4.69, 9.17) is 16.3 Å². The van der Waals surface area contributed by atoms with Crippen molar-refractivity contribution in [2.24, 2.45) is 10.7 Å². The van der Waals surface area contributed by atoms with Gasteiger partial charge in [-0.15, -0.1) is 0 Å². The fourth-order valence-corrected chi connectivity index (χ4v) is 0.969. The second kappa shape index (κ2) is 4.88. The number of hydrogen-bond donors (Lipinski definition) is 2. The van der Waals surface area contributed by atoms with E-state index in [2.05, 4.69) is 10.3 Å². The summed E-state index contributed by atoms with van der Waals surface area (Å²) >= 11 is 0. The fraction of sp³-hybridized carbons (Fsp3) is 0.444. The lowest BCUT2D eigenvalue weighted by atomic mass is 9.94. The lowest BCUT2D eigenvalue weighted by Crippen LogP contribution is -2.20. The monoisotopic (exact) mass is 189 g/mol. The molecule has 0 aromatic carbocycles. The van der Waals surface area contributed by atoms with Crippen LogP contribution in [0, 0.1) is 22.7 Å². The van der Waals surface area contributed by atoms with E-state index in [1.165, 1.54) is 12.8 Å². The van der Waals surface area contributed by atoms with Crippen LogP contribution in [0.4, 0.5) is 0 Å². The Morgan fingerprint density at radius 1 is 1.43 bits per heavy atom. The van der Waals surface area contributed by atoms with Crippen LogP contribution in [0.5, 0.6) is 0 Å². The molecule has 3 N–H and O–H groups in total. The van der Waals surface area contributed by atoms with Gasteiger partial charge < -0.3 is 11.1 Å². The highest BCUT2D eigenvalue weighted by Crippen LogP contribution is 2.21. The van der Waals surface area contributed by atoms with Crippen molar-refractivity contribution in [3.8, 4) is 12.1 Å². The average molecular weight is 189 g/mol. The van der Waals surface area contributed by atoms with Crippen LogP contribution < -0.4 is 11.1 Å². The Labute approximate surface area is 82.5 Å². The lowest BCUT2D eigenvalue weighted by molar-refractivity contribution is 0.420. The quantitative estimate of drug-likeness (QED) is 0.381. The highest BCUT2D eigenvalue weighted by Gasteiger charge is 2.14. The van der Waals surface area contributed by atoms with Crippen molar-refractivity contribution in [1.82, 2.24) is 5.32 Å². The molecule has 0 amide bonds. The first-order valence-electron chi connectivity index (χ1n) is 4.36. The minimum absolute atomic E-state index is 0.0515. The Balaban J connectivity index is 2.47. The molecule has 0 heterocycles. The van der Waals surface area contributed by atoms with Crippen molar-refractivity contribution in [1.29, 1.82) is 10.5 Å². The van der Waals surface area contributed by atoms with Crippen LogP contribution in [-0.4, -0.2) is 12.4 Å². The zero-order chi connectivity index (χ0) is 10.4. The van der Waals surface area contributed by atoms with Gasteiger partial charge >= 0.3 is 0 Å². The number of nitrogens with two attached hydrogens (primary N) is 1. The first-order valence-corrected chi connectivity index (χ1v) is 4.36. The van der Waals surface area contributed by atoms with Gasteiger partial charge in [-0.2, -0.15) is 10.5 Å². The fourth-order valence-electron chi connectivity index (χ4n) is 0.969. The summed E-state index contributed by atoms with van der Waals surface area (Å²) in [5.41, 5.74) is 5.20. The maximum absolute atomic E-state index is 8.60. The Morgan fingerprint density at radius 2 is 2.14 bits per heavy atom. The molecule has 0 atom stereocenters. The number of nitrogens with one attached hydrogen (secondary N) is 1. The summed E-state index contributed by atoms with van der Waals surface area (Å²) in [5.74, 6) is 0. The molecule has 72 valence electrons. The largest absolute Gasteiger partial charge is 0.388 e. The molecule has 5 nitrogen and oxygen atoms in total. The van der Waals surface area contributed by atoms with Crippen LogP contribution in [0.1, 0.15) is 19.3 Å². The molecule has 0 aromatic rings. The van der Waals surface area contributed by atoms with Gasteiger partial charge in [0, 0.05) is 0 Å². The van der Waals surface area contributed by atoms with Crippen LogP contribution >= 0.6 is 0 Å². The van der Waals surface area contributed by atoms with E-state index in [0.29, 0.717) is 6.04 Å². The zero-order valence-corrected chi connectivity index (χ0v) is 7.70. The van der Waals surface area contributed by atoms with Crippen LogP contribution in [0.25, 0.3) is 0 Å². The van der Waals surface area contributed by atoms with Gasteiger partial charge in [0.05, 0.1) is 12.4 Å². The maximum Gasteiger partial charge on any atom is 0.152 e. The summed E-state index contributed by atoms with van der Waals surface area (Å²) in [6.45, 7) is 0. The smallest absolute Gasteiger partial charge is 0.152 e. The number of aliphatic imine (C=N–C) groups is 1. The SMILES string of the molecule is N#C/C(N)=C(\C#N)NC=NC1CCC1. The van der Waals surface area contributed by atoms with E-state index in [0.717, 1.165) is 12.8 Å². The van der Waals surface area contributed by atoms with E-state index in [9.17, 15) is 0 Å². The number of hydrogen-bond acceptors (Lipinski definition) is 4. The van der Waals surface area contributed by atoms with Crippen LogP contribution in [-0.2, 0) is 0 Å². The molecule has 1 saturated carbocycles. The van der Waals surface area contributed by atoms with Gasteiger partial charge in [-0.25, -0.2) is 0 Å². The van der Waals surface area contributed by atoms with E-state index >= 15 is 0 Å². The first-order chi connectivity index (χ1) is 6.77. The van der Waals surface area contributed by atoms with Crippen LogP contribution in [0.2, 0.25) is 0 Å². The molecule has 1 aliphatic rings. The average Bonchev–Trinajstić information content (AvgIpc) is 2.14.